The molecule has 3 heterocycles. The van der Waals surface area contributed by atoms with Crippen LogP contribution in [0.15, 0.2) is 60.8 Å². The van der Waals surface area contributed by atoms with Crippen molar-refractivity contribution in [2.75, 3.05) is 25.1 Å². The topological polar surface area (TPSA) is 98.1 Å². The molecule has 1 fully saturated rings. The highest BCUT2D eigenvalue weighted by molar-refractivity contribution is 14.1. The lowest BCUT2D eigenvalue weighted by molar-refractivity contribution is -0.182. The maximum absolute atomic E-state index is 11.9. The number of carbonyl (C=O) groups excluding carboxylic acids is 1. The molecule has 4 aromatic rings. The lowest BCUT2D eigenvalue weighted by Gasteiger charge is -2.37. The van der Waals surface area contributed by atoms with Crippen LogP contribution in [0.1, 0.15) is 39.2 Å². The summed E-state index contributed by atoms with van der Waals surface area (Å²) in [6.45, 7) is 8.99. The first-order valence-electron chi connectivity index (χ1n) is 12.8. The summed E-state index contributed by atoms with van der Waals surface area (Å²) in [5.41, 5.74) is 6.91. The average molecular weight is 642 g/mol. The molecule has 0 amide bonds. The Bertz CT molecular complexity index is 1490. The van der Waals surface area contributed by atoms with E-state index in [1.165, 1.54) is 0 Å². The zero-order chi connectivity index (χ0) is 27.7. The minimum Gasteiger partial charge on any atom is -0.493 e. The number of carbonyl (C=O) groups is 1. The predicted molar refractivity (Wildman–Crippen MR) is 158 cm³/mol. The van der Waals surface area contributed by atoms with Gasteiger partial charge in [0.2, 0.25) is 11.8 Å². The number of nitrogens with one attached hydrogen (secondary N) is 1. The molecule has 10 heteroatoms. The van der Waals surface area contributed by atoms with Crippen molar-refractivity contribution in [2.24, 2.45) is 0 Å². The quantitative estimate of drug-likeness (QED) is 0.173. The molecule has 0 atom stereocenters. The Balaban J connectivity index is 1.35. The lowest BCUT2D eigenvalue weighted by atomic mass is 9.93. The Labute approximate surface area is 240 Å². The number of fused-ring (bicyclic) bond motifs is 1. The van der Waals surface area contributed by atoms with Crippen LogP contribution in [0.3, 0.4) is 0 Å². The van der Waals surface area contributed by atoms with Gasteiger partial charge in [-0.2, -0.15) is 0 Å². The van der Waals surface area contributed by atoms with Crippen molar-refractivity contribution in [3.05, 3.63) is 69.9 Å². The van der Waals surface area contributed by atoms with E-state index < -0.39 is 11.8 Å². The van der Waals surface area contributed by atoms with Crippen LogP contribution in [0.25, 0.3) is 22.0 Å². The van der Waals surface area contributed by atoms with Crippen molar-refractivity contribution >= 4 is 45.3 Å². The molecule has 1 saturated heterocycles. The Hall–Kier alpha value is -3.51. The standard InChI is InChI=1S/C29H31IN4O5/c1-5-37-26-22(7-6-14-31-26)25-23-15-20(30)10-13-24(23)34(27(25)35)32-21-11-8-18(9-12-21)19-16-33(17-19)39-28(36)38-29(2,3)4/h6-15,19,32,35H,5,16-17H2,1-4H3. The van der Waals surface area contributed by atoms with Crippen LogP contribution in [-0.4, -0.2) is 51.3 Å². The van der Waals surface area contributed by atoms with Gasteiger partial charge in [0.1, 0.15) is 5.60 Å². The molecule has 1 aliphatic heterocycles. The zero-order valence-electron chi connectivity index (χ0n) is 22.3. The normalized spacial score (nSPS) is 14.2. The highest BCUT2D eigenvalue weighted by Crippen LogP contribution is 2.43. The van der Waals surface area contributed by atoms with Crippen molar-refractivity contribution in [1.29, 1.82) is 0 Å². The molecule has 204 valence electrons. The molecule has 2 aromatic carbocycles. The molecule has 0 spiro atoms. The van der Waals surface area contributed by atoms with Crippen LogP contribution in [0.5, 0.6) is 11.8 Å². The monoisotopic (exact) mass is 642 g/mol. The first-order valence-corrected chi connectivity index (χ1v) is 13.8. The van der Waals surface area contributed by atoms with Gasteiger partial charge in [0.05, 0.1) is 28.9 Å². The van der Waals surface area contributed by atoms with E-state index in [-0.39, 0.29) is 11.8 Å². The fourth-order valence-corrected chi connectivity index (χ4v) is 5.01. The summed E-state index contributed by atoms with van der Waals surface area (Å²) >= 11 is 2.27. The Morgan fingerprint density at radius 2 is 1.90 bits per heavy atom. The van der Waals surface area contributed by atoms with Crippen molar-refractivity contribution in [3.8, 4) is 22.9 Å². The van der Waals surface area contributed by atoms with Gasteiger partial charge in [-0.25, -0.2) is 14.5 Å². The fourth-order valence-electron chi connectivity index (χ4n) is 4.52. The second-order valence-electron chi connectivity index (χ2n) is 10.3. The van der Waals surface area contributed by atoms with Gasteiger partial charge >= 0.3 is 6.16 Å². The highest BCUT2D eigenvalue weighted by atomic mass is 127. The Morgan fingerprint density at radius 1 is 1.15 bits per heavy atom. The molecule has 2 N–H and O–H groups in total. The third kappa shape index (κ3) is 5.91. The van der Waals surface area contributed by atoms with Crippen molar-refractivity contribution in [3.63, 3.8) is 0 Å². The number of aromatic nitrogens is 2. The molecule has 0 unspecified atom stereocenters. The van der Waals surface area contributed by atoms with Gasteiger partial charge in [-0.1, -0.05) is 12.1 Å². The number of hydroxylamine groups is 2. The van der Waals surface area contributed by atoms with Gasteiger partial charge < -0.3 is 19.4 Å². The lowest BCUT2D eigenvalue weighted by Crippen LogP contribution is -2.46. The maximum atomic E-state index is 11.9. The number of halogens is 1. The van der Waals surface area contributed by atoms with Gasteiger partial charge in [-0.15, -0.1) is 5.06 Å². The average Bonchev–Trinajstić information content (AvgIpc) is 3.11. The molecule has 0 saturated carbocycles. The van der Waals surface area contributed by atoms with Crippen LogP contribution in [0.2, 0.25) is 0 Å². The number of aromatic hydroxyl groups is 1. The number of benzene rings is 2. The van der Waals surface area contributed by atoms with Crippen LogP contribution in [-0.2, 0) is 9.57 Å². The Kier molecular flexibility index (Phi) is 7.59. The van der Waals surface area contributed by atoms with Gasteiger partial charge in [0.25, 0.3) is 0 Å². The maximum Gasteiger partial charge on any atom is 0.528 e. The number of ether oxygens (including phenoxy) is 2. The van der Waals surface area contributed by atoms with Crippen molar-refractivity contribution < 1.29 is 24.2 Å². The summed E-state index contributed by atoms with van der Waals surface area (Å²) in [7, 11) is 0. The number of anilines is 1. The largest absolute Gasteiger partial charge is 0.528 e. The minimum absolute atomic E-state index is 0.0685. The summed E-state index contributed by atoms with van der Waals surface area (Å²) in [6.07, 6.45) is 0.993. The van der Waals surface area contributed by atoms with Crippen molar-refractivity contribution in [2.45, 2.75) is 39.2 Å². The third-order valence-electron chi connectivity index (χ3n) is 6.29. The van der Waals surface area contributed by atoms with E-state index >= 15 is 0 Å². The van der Waals surface area contributed by atoms with Crippen LogP contribution in [0.4, 0.5) is 10.5 Å². The highest BCUT2D eigenvalue weighted by Gasteiger charge is 2.32. The third-order valence-corrected chi connectivity index (χ3v) is 6.96. The first-order chi connectivity index (χ1) is 18.6. The zero-order valence-corrected chi connectivity index (χ0v) is 24.4. The predicted octanol–water partition coefficient (Wildman–Crippen LogP) is 6.55. The molecule has 0 aliphatic carbocycles. The molecule has 5 rings (SSSR count). The molecular weight excluding hydrogens is 611 g/mol. The smallest absolute Gasteiger partial charge is 0.493 e. The summed E-state index contributed by atoms with van der Waals surface area (Å²) < 4.78 is 13.7. The van der Waals surface area contributed by atoms with E-state index in [0.717, 1.165) is 31.3 Å². The summed E-state index contributed by atoms with van der Waals surface area (Å²) in [6, 6.07) is 17.8. The van der Waals surface area contributed by atoms with E-state index in [2.05, 4.69) is 33.0 Å². The molecule has 39 heavy (non-hydrogen) atoms. The number of pyridine rings is 1. The SMILES string of the molecule is CCOc1ncccc1-c1c(O)n(Nc2ccc(C3CN(OC(=O)OC(C)(C)C)C3)cc2)c2ccc(I)cc12. The summed E-state index contributed by atoms with van der Waals surface area (Å²) in [5, 5.41) is 13.9. The first kappa shape index (κ1) is 27.1. The van der Waals surface area contributed by atoms with E-state index in [4.69, 9.17) is 14.3 Å². The fraction of sp³-hybridized carbons (Fsp3) is 0.310. The Morgan fingerprint density at radius 3 is 2.59 bits per heavy atom. The van der Waals surface area contributed by atoms with E-state index in [1.807, 2.05) is 61.5 Å². The number of hydrogen-bond donors (Lipinski definition) is 2. The summed E-state index contributed by atoms with van der Waals surface area (Å²) in [4.78, 5) is 21.5. The molecule has 0 radical (unpaired) electrons. The second-order valence-corrected chi connectivity index (χ2v) is 11.6. The van der Waals surface area contributed by atoms with Crippen LogP contribution < -0.4 is 10.2 Å². The molecule has 0 bridgehead atoms. The molecular formula is C29H31IN4O5. The number of nitrogens with zero attached hydrogens (tertiary/aromatic N) is 3. The van der Waals surface area contributed by atoms with Gasteiger partial charge in [-0.05, 0) is 98.3 Å². The van der Waals surface area contributed by atoms with Gasteiger partial charge in [0, 0.05) is 34.2 Å². The second kappa shape index (κ2) is 10.9. The van der Waals surface area contributed by atoms with Crippen LogP contribution in [0, 0.1) is 3.57 Å². The number of hydrogen-bond acceptors (Lipinski definition) is 8. The molecule has 1 aliphatic rings. The minimum atomic E-state index is -0.687. The van der Waals surface area contributed by atoms with Crippen molar-refractivity contribution in [1.82, 2.24) is 14.7 Å². The number of rotatable bonds is 7. The summed E-state index contributed by atoms with van der Waals surface area (Å²) in [5.74, 6) is 0.792. The van der Waals surface area contributed by atoms with E-state index in [1.54, 1.807) is 36.7 Å². The van der Waals surface area contributed by atoms with Crippen LogP contribution >= 0.6 is 22.6 Å². The van der Waals surface area contributed by atoms with Gasteiger partial charge in [-0.3, -0.25) is 5.43 Å². The molecule has 2 aromatic heterocycles. The molecule has 9 nitrogen and oxygen atoms in total. The van der Waals surface area contributed by atoms with E-state index in [9.17, 15) is 9.90 Å². The van der Waals surface area contributed by atoms with Gasteiger partial charge in [0.15, 0.2) is 0 Å². The van der Waals surface area contributed by atoms with E-state index in [0.29, 0.717) is 31.1 Å².